The molecule has 0 radical (unpaired) electrons. The van der Waals surface area contributed by atoms with Crippen molar-refractivity contribution in [3.8, 4) is 0 Å². The minimum absolute atomic E-state index is 0.697. The van der Waals surface area contributed by atoms with Gasteiger partial charge in [0.15, 0.2) is 0 Å². The molecule has 0 aromatic heterocycles. The van der Waals surface area contributed by atoms with Crippen LogP contribution in [0.3, 0.4) is 0 Å². The number of likely N-dealkylation sites (tertiary alicyclic amines) is 1. The standard InChI is InChI=1S/C16H34N2/c1-5-9-15(17-8-4)16(7-3)18-12-10-14(6-2)11-13-18/h14-17H,5-13H2,1-4H3. The van der Waals surface area contributed by atoms with Gasteiger partial charge >= 0.3 is 0 Å². The summed E-state index contributed by atoms with van der Waals surface area (Å²) < 4.78 is 0. The van der Waals surface area contributed by atoms with Crippen molar-refractivity contribution in [2.45, 2.75) is 78.3 Å². The second kappa shape index (κ2) is 8.92. The van der Waals surface area contributed by atoms with E-state index < -0.39 is 0 Å². The number of piperidine rings is 1. The molecule has 1 fully saturated rings. The summed E-state index contributed by atoms with van der Waals surface area (Å²) in [5.41, 5.74) is 0. The van der Waals surface area contributed by atoms with Gasteiger partial charge in [0.1, 0.15) is 0 Å². The van der Waals surface area contributed by atoms with Crippen molar-refractivity contribution in [3.05, 3.63) is 0 Å². The normalized spacial score (nSPS) is 22.0. The first kappa shape index (κ1) is 16.0. The SMILES string of the molecule is CCCC(NCC)C(CC)N1CCC(CC)CC1. The Labute approximate surface area is 115 Å². The fraction of sp³-hybridized carbons (Fsp3) is 1.00. The molecule has 0 aromatic rings. The molecule has 0 spiro atoms. The van der Waals surface area contributed by atoms with Crippen LogP contribution in [0.5, 0.6) is 0 Å². The zero-order chi connectivity index (χ0) is 13.4. The zero-order valence-corrected chi connectivity index (χ0v) is 13.0. The van der Waals surface area contributed by atoms with Crippen LogP contribution in [0.15, 0.2) is 0 Å². The molecule has 1 heterocycles. The maximum atomic E-state index is 3.72. The van der Waals surface area contributed by atoms with Gasteiger partial charge in [-0.15, -0.1) is 0 Å². The van der Waals surface area contributed by atoms with E-state index in [0.717, 1.165) is 18.5 Å². The Bertz CT molecular complexity index is 191. The average Bonchev–Trinajstić information content (AvgIpc) is 2.41. The Morgan fingerprint density at radius 3 is 2.22 bits per heavy atom. The van der Waals surface area contributed by atoms with E-state index in [1.807, 2.05) is 0 Å². The monoisotopic (exact) mass is 254 g/mol. The fourth-order valence-corrected chi connectivity index (χ4v) is 3.49. The molecule has 0 aromatic carbocycles. The second-order valence-corrected chi connectivity index (χ2v) is 5.82. The fourth-order valence-electron chi connectivity index (χ4n) is 3.49. The highest BCUT2D eigenvalue weighted by Crippen LogP contribution is 2.24. The molecule has 18 heavy (non-hydrogen) atoms. The van der Waals surface area contributed by atoms with Crippen LogP contribution in [0, 0.1) is 5.92 Å². The van der Waals surface area contributed by atoms with Crippen LogP contribution in [0.2, 0.25) is 0 Å². The van der Waals surface area contributed by atoms with Gasteiger partial charge in [0, 0.05) is 12.1 Å². The Morgan fingerprint density at radius 2 is 1.78 bits per heavy atom. The van der Waals surface area contributed by atoms with Crippen LogP contribution in [0.25, 0.3) is 0 Å². The molecule has 0 bridgehead atoms. The highest BCUT2D eigenvalue weighted by Gasteiger charge is 2.28. The van der Waals surface area contributed by atoms with E-state index in [-0.39, 0.29) is 0 Å². The Morgan fingerprint density at radius 1 is 1.11 bits per heavy atom. The van der Waals surface area contributed by atoms with Gasteiger partial charge in [-0.3, -0.25) is 4.90 Å². The average molecular weight is 254 g/mol. The maximum absolute atomic E-state index is 3.72. The van der Waals surface area contributed by atoms with Gasteiger partial charge in [-0.25, -0.2) is 0 Å². The Hall–Kier alpha value is -0.0800. The van der Waals surface area contributed by atoms with Gasteiger partial charge in [-0.1, -0.05) is 40.5 Å². The molecule has 0 aliphatic carbocycles. The summed E-state index contributed by atoms with van der Waals surface area (Å²) in [5.74, 6) is 0.988. The smallest absolute Gasteiger partial charge is 0.0246 e. The van der Waals surface area contributed by atoms with E-state index in [1.54, 1.807) is 0 Å². The number of hydrogen-bond donors (Lipinski definition) is 1. The van der Waals surface area contributed by atoms with Crippen molar-refractivity contribution in [2.75, 3.05) is 19.6 Å². The summed E-state index contributed by atoms with van der Waals surface area (Å²) in [6.07, 6.45) is 8.10. The largest absolute Gasteiger partial charge is 0.313 e. The van der Waals surface area contributed by atoms with Gasteiger partial charge in [0.2, 0.25) is 0 Å². The molecule has 0 saturated carbocycles. The zero-order valence-electron chi connectivity index (χ0n) is 13.0. The molecule has 1 saturated heterocycles. The van der Waals surface area contributed by atoms with Gasteiger partial charge in [-0.05, 0) is 51.2 Å². The molecule has 108 valence electrons. The first-order valence-electron chi connectivity index (χ1n) is 8.24. The van der Waals surface area contributed by atoms with E-state index in [1.165, 1.54) is 51.6 Å². The predicted octanol–water partition coefficient (Wildman–Crippen LogP) is 3.67. The van der Waals surface area contributed by atoms with Crippen LogP contribution < -0.4 is 5.32 Å². The van der Waals surface area contributed by atoms with E-state index in [0.29, 0.717) is 6.04 Å². The van der Waals surface area contributed by atoms with Crippen LogP contribution in [-0.2, 0) is 0 Å². The summed E-state index contributed by atoms with van der Waals surface area (Å²) in [6, 6.07) is 1.45. The molecular formula is C16H34N2. The van der Waals surface area contributed by atoms with Crippen molar-refractivity contribution < 1.29 is 0 Å². The maximum Gasteiger partial charge on any atom is 0.0246 e. The van der Waals surface area contributed by atoms with Gasteiger partial charge in [0.05, 0.1) is 0 Å². The van der Waals surface area contributed by atoms with E-state index in [2.05, 4.69) is 37.9 Å². The topological polar surface area (TPSA) is 15.3 Å². The molecule has 1 N–H and O–H groups in total. The van der Waals surface area contributed by atoms with E-state index in [9.17, 15) is 0 Å². The molecule has 1 aliphatic rings. The molecule has 1 aliphatic heterocycles. The van der Waals surface area contributed by atoms with Gasteiger partial charge in [0.25, 0.3) is 0 Å². The highest BCUT2D eigenvalue weighted by molar-refractivity contribution is 4.86. The molecule has 2 nitrogen and oxygen atoms in total. The minimum Gasteiger partial charge on any atom is -0.313 e. The number of likely N-dealkylation sites (N-methyl/N-ethyl adjacent to an activating group) is 1. The summed E-state index contributed by atoms with van der Waals surface area (Å²) in [4.78, 5) is 2.76. The molecule has 0 amide bonds. The second-order valence-electron chi connectivity index (χ2n) is 5.82. The van der Waals surface area contributed by atoms with Crippen molar-refractivity contribution >= 4 is 0 Å². The quantitative estimate of drug-likeness (QED) is 0.711. The number of rotatable bonds is 8. The third-order valence-electron chi connectivity index (χ3n) is 4.64. The van der Waals surface area contributed by atoms with Crippen molar-refractivity contribution in [3.63, 3.8) is 0 Å². The Balaban J connectivity index is 2.52. The van der Waals surface area contributed by atoms with E-state index >= 15 is 0 Å². The summed E-state index contributed by atoms with van der Waals surface area (Å²) in [6.45, 7) is 13.0. The van der Waals surface area contributed by atoms with Gasteiger partial charge in [-0.2, -0.15) is 0 Å². The molecule has 2 unspecified atom stereocenters. The van der Waals surface area contributed by atoms with Crippen LogP contribution >= 0.6 is 0 Å². The van der Waals surface area contributed by atoms with Crippen LogP contribution in [0.1, 0.15) is 66.2 Å². The van der Waals surface area contributed by atoms with Crippen molar-refractivity contribution in [2.24, 2.45) is 5.92 Å². The first-order chi connectivity index (χ1) is 8.76. The van der Waals surface area contributed by atoms with Gasteiger partial charge < -0.3 is 5.32 Å². The molecular weight excluding hydrogens is 220 g/mol. The minimum atomic E-state index is 0.697. The predicted molar refractivity (Wildman–Crippen MR) is 81.0 cm³/mol. The van der Waals surface area contributed by atoms with E-state index in [4.69, 9.17) is 0 Å². The Kier molecular flexibility index (Phi) is 7.92. The highest BCUT2D eigenvalue weighted by atomic mass is 15.2. The lowest BCUT2D eigenvalue weighted by molar-refractivity contribution is 0.0993. The molecule has 2 heteroatoms. The summed E-state index contributed by atoms with van der Waals surface area (Å²) in [7, 11) is 0. The first-order valence-corrected chi connectivity index (χ1v) is 8.24. The lowest BCUT2D eigenvalue weighted by Gasteiger charge is -2.41. The number of nitrogens with zero attached hydrogens (tertiary/aromatic N) is 1. The summed E-state index contributed by atoms with van der Waals surface area (Å²) in [5, 5.41) is 3.72. The van der Waals surface area contributed by atoms with Crippen molar-refractivity contribution in [1.82, 2.24) is 10.2 Å². The lowest BCUT2D eigenvalue weighted by Crippen LogP contribution is -2.52. The third kappa shape index (κ3) is 4.55. The number of hydrogen-bond acceptors (Lipinski definition) is 2. The van der Waals surface area contributed by atoms with Crippen LogP contribution in [-0.4, -0.2) is 36.6 Å². The third-order valence-corrected chi connectivity index (χ3v) is 4.64. The lowest BCUT2D eigenvalue weighted by atomic mass is 9.91. The van der Waals surface area contributed by atoms with Crippen LogP contribution in [0.4, 0.5) is 0 Å². The molecule has 2 atom stereocenters. The van der Waals surface area contributed by atoms with Crippen molar-refractivity contribution in [1.29, 1.82) is 0 Å². The summed E-state index contributed by atoms with van der Waals surface area (Å²) >= 11 is 0. The number of nitrogens with one attached hydrogen (secondary N) is 1. The molecule has 1 rings (SSSR count).